The third kappa shape index (κ3) is 2.68. The Kier molecular flexibility index (Phi) is 3.50. The summed E-state index contributed by atoms with van der Waals surface area (Å²) in [6, 6.07) is 11.4. The number of fused-ring (bicyclic) bond motifs is 1. The van der Waals surface area contributed by atoms with E-state index >= 15 is 0 Å². The van der Waals surface area contributed by atoms with Gasteiger partial charge in [0, 0.05) is 11.8 Å². The van der Waals surface area contributed by atoms with Crippen LogP contribution in [-0.4, -0.2) is 17.3 Å². The number of amides is 1. The summed E-state index contributed by atoms with van der Waals surface area (Å²) in [7, 11) is 0. The normalized spacial score (nSPS) is 15.8. The molecule has 1 unspecified atom stereocenters. The van der Waals surface area contributed by atoms with Gasteiger partial charge in [-0.25, -0.2) is 9.87 Å². The van der Waals surface area contributed by atoms with Crippen molar-refractivity contribution in [3.8, 4) is 0 Å². The average molecular weight is 284 g/mol. The molecule has 21 heavy (non-hydrogen) atoms. The van der Waals surface area contributed by atoms with Crippen LogP contribution in [-0.2, 0) is 6.42 Å². The molecule has 1 atom stereocenters. The minimum atomic E-state index is -0.561. The summed E-state index contributed by atoms with van der Waals surface area (Å²) >= 11 is 0. The lowest BCUT2D eigenvalue weighted by molar-refractivity contribution is 0.0706. The molecule has 2 N–H and O–H groups in total. The maximum Gasteiger partial charge on any atom is 0.274 e. The Morgan fingerprint density at radius 1 is 1.29 bits per heavy atom. The largest absolute Gasteiger partial charge is 0.288 e. The van der Waals surface area contributed by atoms with E-state index in [-0.39, 0.29) is 11.9 Å². The van der Waals surface area contributed by atoms with Crippen LogP contribution in [0.15, 0.2) is 47.5 Å². The van der Waals surface area contributed by atoms with Crippen molar-refractivity contribution in [3.63, 3.8) is 0 Å². The smallest absolute Gasteiger partial charge is 0.274 e. The number of hydrogen-bond acceptors (Lipinski definition) is 3. The third-order valence-electron chi connectivity index (χ3n) is 3.52. The van der Waals surface area contributed by atoms with Crippen LogP contribution in [0, 0.1) is 5.82 Å². The van der Waals surface area contributed by atoms with Crippen molar-refractivity contribution in [2.45, 2.75) is 12.5 Å². The number of benzene rings is 2. The van der Waals surface area contributed by atoms with Crippen LogP contribution in [0.25, 0.3) is 0 Å². The number of nitrogens with zero attached hydrogens (tertiary/aromatic N) is 1. The van der Waals surface area contributed by atoms with Crippen LogP contribution in [0.1, 0.15) is 33.1 Å². The minimum absolute atomic E-state index is 0.145. The zero-order chi connectivity index (χ0) is 14.8. The second kappa shape index (κ2) is 5.46. The number of hydrogen-bond donors (Lipinski definition) is 2. The summed E-state index contributed by atoms with van der Waals surface area (Å²) in [4.78, 5) is 15.9. The minimum Gasteiger partial charge on any atom is -0.288 e. The molecule has 2 aromatic carbocycles. The maximum atomic E-state index is 13.2. The van der Waals surface area contributed by atoms with E-state index in [1.165, 1.54) is 12.1 Å². The Balaban J connectivity index is 1.88. The SMILES string of the molecule is O=C(NO)c1ccc2c(c1)C(Cc1cccc(F)c1)N=C2. The van der Waals surface area contributed by atoms with Gasteiger partial charge in [0.1, 0.15) is 5.82 Å². The average Bonchev–Trinajstić information content (AvgIpc) is 2.89. The fourth-order valence-corrected chi connectivity index (χ4v) is 2.49. The zero-order valence-electron chi connectivity index (χ0n) is 11.1. The van der Waals surface area contributed by atoms with E-state index in [4.69, 9.17) is 5.21 Å². The van der Waals surface area contributed by atoms with Gasteiger partial charge in [0.15, 0.2) is 0 Å². The zero-order valence-corrected chi connectivity index (χ0v) is 11.1. The van der Waals surface area contributed by atoms with Crippen molar-refractivity contribution in [1.29, 1.82) is 0 Å². The van der Waals surface area contributed by atoms with Crippen LogP contribution < -0.4 is 5.48 Å². The van der Waals surface area contributed by atoms with E-state index in [9.17, 15) is 9.18 Å². The molecule has 4 nitrogen and oxygen atoms in total. The predicted octanol–water partition coefficient (Wildman–Crippen LogP) is 2.66. The van der Waals surface area contributed by atoms with Crippen molar-refractivity contribution in [1.82, 2.24) is 5.48 Å². The fraction of sp³-hybridized carbons (Fsp3) is 0.125. The van der Waals surface area contributed by atoms with E-state index in [2.05, 4.69) is 4.99 Å². The van der Waals surface area contributed by atoms with Crippen LogP contribution in [0.4, 0.5) is 4.39 Å². The van der Waals surface area contributed by atoms with Gasteiger partial charge in [-0.05, 0) is 47.4 Å². The first-order valence-electron chi connectivity index (χ1n) is 6.53. The molecule has 2 aromatic rings. The van der Waals surface area contributed by atoms with Gasteiger partial charge in [0.25, 0.3) is 5.91 Å². The molecule has 0 aromatic heterocycles. The van der Waals surface area contributed by atoms with Crippen molar-refractivity contribution in [2.24, 2.45) is 4.99 Å². The second-order valence-corrected chi connectivity index (χ2v) is 4.91. The van der Waals surface area contributed by atoms with E-state index in [0.717, 1.165) is 16.7 Å². The molecule has 1 amide bonds. The third-order valence-corrected chi connectivity index (χ3v) is 3.52. The summed E-state index contributed by atoms with van der Waals surface area (Å²) < 4.78 is 13.2. The molecule has 1 heterocycles. The van der Waals surface area contributed by atoms with E-state index in [1.807, 2.05) is 6.07 Å². The summed E-state index contributed by atoms with van der Waals surface area (Å²) in [5, 5.41) is 8.70. The first-order chi connectivity index (χ1) is 10.2. The Labute approximate surface area is 120 Å². The number of hydroxylamine groups is 1. The highest BCUT2D eigenvalue weighted by Crippen LogP contribution is 2.30. The summed E-state index contributed by atoms with van der Waals surface area (Å²) in [5.74, 6) is -0.836. The lowest BCUT2D eigenvalue weighted by Crippen LogP contribution is -2.18. The van der Waals surface area contributed by atoms with Crippen molar-refractivity contribution < 1.29 is 14.4 Å². The predicted molar refractivity (Wildman–Crippen MR) is 76.1 cm³/mol. The standard InChI is InChI=1S/C16H13FN2O2/c17-13-3-1-2-10(6-13)7-15-14-8-11(16(20)19-21)4-5-12(14)9-18-15/h1-6,8-9,15,21H,7H2,(H,19,20). The number of carbonyl (C=O) groups is 1. The number of rotatable bonds is 3. The Morgan fingerprint density at radius 3 is 2.90 bits per heavy atom. The quantitative estimate of drug-likeness (QED) is 0.672. The van der Waals surface area contributed by atoms with Gasteiger partial charge < -0.3 is 0 Å². The van der Waals surface area contributed by atoms with E-state index < -0.39 is 5.91 Å². The molecular weight excluding hydrogens is 271 g/mol. The molecular formula is C16H13FN2O2. The number of nitrogens with one attached hydrogen (secondary N) is 1. The Hall–Kier alpha value is -2.53. The maximum absolute atomic E-state index is 13.2. The molecule has 106 valence electrons. The van der Waals surface area contributed by atoms with Gasteiger partial charge in [-0.1, -0.05) is 18.2 Å². The molecule has 0 spiro atoms. The molecule has 0 saturated carbocycles. The first kappa shape index (κ1) is 13.5. The first-order valence-corrected chi connectivity index (χ1v) is 6.53. The molecule has 3 rings (SSSR count). The molecule has 0 radical (unpaired) electrons. The highest BCUT2D eigenvalue weighted by molar-refractivity contribution is 5.95. The highest BCUT2D eigenvalue weighted by atomic mass is 19.1. The molecule has 0 bridgehead atoms. The number of halogens is 1. The van der Waals surface area contributed by atoms with Gasteiger partial charge in [-0.3, -0.25) is 15.0 Å². The van der Waals surface area contributed by atoms with Crippen LogP contribution in [0.2, 0.25) is 0 Å². The molecule has 1 aliphatic rings. The molecule has 0 aliphatic carbocycles. The second-order valence-electron chi connectivity index (χ2n) is 4.91. The number of aliphatic imine (C=N–C) groups is 1. The van der Waals surface area contributed by atoms with Crippen molar-refractivity contribution in [3.05, 3.63) is 70.5 Å². The van der Waals surface area contributed by atoms with E-state index in [1.54, 1.807) is 36.0 Å². The summed E-state index contributed by atoms with van der Waals surface area (Å²) in [6.45, 7) is 0. The van der Waals surface area contributed by atoms with Crippen LogP contribution >= 0.6 is 0 Å². The van der Waals surface area contributed by atoms with E-state index in [0.29, 0.717) is 12.0 Å². The number of carbonyl (C=O) groups excluding carboxylic acids is 1. The fourth-order valence-electron chi connectivity index (χ4n) is 2.49. The van der Waals surface area contributed by atoms with Gasteiger partial charge in [-0.15, -0.1) is 0 Å². The lowest BCUT2D eigenvalue weighted by atomic mass is 9.96. The highest BCUT2D eigenvalue weighted by Gasteiger charge is 2.21. The summed E-state index contributed by atoms with van der Waals surface area (Å²) in [5.41, 5.74) is 4.67. The molecule has 5 heteroatoms. The lowest BCUT2D eigenvalue weighted by Gasteiger charge is -2.11. The molecule has 0 saturated heterocycles. The van der Waals surface area contributed by atoms with Gasteiger partial charge in [-0.2, -0.15) is 0 Å². The molecule has 1 aliphatic heterocycles. The monoisotopic (exact) mass is 284 g/mol. The molecule has 0 fully saturated rings. The Morgan fingerprint density at radius 2 is 2.14 bits per heavy atom. The van der Waals surface area contributed by atoms with Crippen molar-refractivity contribution >= 4 is 12.1 Å². The van der Waals surface area contributed by atoms with Crippen LogP contribution in [0.5, 0.6) is 0 Å². The van der Waals surface area contributed by atoms with Crippen LogP contribution in [0.3, 0.4) is 0 Å². The van der Waals surface area contributed by atoms with Gasteiger partial charge in [0.2, 0.25) is 0 Å². The van der Waals surface area contributed by atoms with Gasteiger partial charge in [0.05, 0.1) is 6.04 Å². The topological polar surface area (TPSA) is 61.7 Å². The van der Waals surface area contributed by atoms with Gasteiger partial charge >= 0.3 is 0 Å². The summed E-state index contributed by atoms with van der Waals surface area (Å²) in [6.07, 6.45) is 2.31. The van der Waals surface area contributed by atoms with Crippen molar-refractivity contribution in [2.75, 3.05) is 0 Å². The Bertz CT molecular complexity index is 728.